The minimum absolute atomic E-state index is 0.250. The number of fused-ring (bicyclic) bond motifs is 6. The van der Waals surface area contributed by atoms with Crippen molar-refractivity contribution in [2.75, 3.05) is 4.90 Å². The van der Waals surface area contributed by atoms with Gasteiger partial charge >= 0.3 is 272 Å². The number of hydrogen-bond donors (Lipinski definition) is 0. The second-order valence-electron chi connectivity index (χ2n) is 18.7. The van der Waals surface area contributed by atoms with Crippen molar-refractivity contribution in [2.24, 2.45) is 0 Å². The van der Waals surface area contributed by atoms with Crippen LogP contribution in [0.3, 0.4) is 0 Å². The van der Waals surface area contributed by atoms with Crippen LogP contribution in [0.15, 0.2) is 273 Å². The molecule has 0 unspecified atom stereocenters. The minimum Gasteiger partial charge on any atom is -0.0572 e. The van der Waals surface area contributed by atoms with Gasteiger partial charge in [-0.3, -0.25) is 0 Å². The van der Waals surface area contributed by atoms with Gasteiger partial charge in [-0.05, 0) is 67.6 Å². The van der Waals surface area contributed by atoms with Crippen LogP contribution >= 0.6 is 0 Å². The summed E-state index contributed by atoms with van der Waals surface area (Å²) in [5, 5.41) is 4.61. The second kappa shape index (κ2) is 17.9. The average Bonchev–Trinajstić information content (AvgIpc) is 3.95. The van der Waals surface area contributed by atoms with Gasteiger partial charge in [-0.2, -0.15) is 0 Å². The van der Waals surface area contributed by atoms with Crippen LogP contribution in [0.1, 0.15) is 5.56 Å². The van der Waals surface area contributed by atoms with Crippen LogP contribution in [-0.4, -0.2) is 22.4 Å². The van der Waals surface area contributed by atoms with Crippen LogP contribution in [0.5, 0.6) is 0 Å². The van der Waals surface area contributed by atoms with Gasteiger partial charge in [-0.15, -0.1) is 0 Å². The molecule has 13 rings (SSSR count). The molecule has 0 N–H and O–H groups in total. The molecule has 72 heavy (non-hydrogen) atoms. The molecule has 0 saturated carbocycles. The van der Waals surface area contributed by atoms with E-state index in [2.05, 4.69) is 270 Å². The molecule has 0 amide bonds. The number of hydrogen-bond acceptors (Lipinski definition) is 1. The monoisotopic (exact) mass is 987 g/mol. The van der Waals surface area contributed by atoms with E-state index in [9.17, 15) is 4.39 Å². The van der Waals surface area contributed by atoms with Crippen LogP contribution in [-0.2, 0) is 0 Å². The first-order valence-electron chi connectivity index (χ1n) is 24.6. The molecule has 0 aliphatic carbocycles. The largest absolute Gasteiger partial charge is 0.0572 e. The van der Waals surface area contributed by atoms with E-state index in [0.29, 0.717) is 0 Å². The van der Waals surface area contributed by atoms with E-state index >= 15 is 0 Å². The zero-order valence-electron chi connectivity index (χ0n) is 39.7. The topological polar surface area (TPSA) is 13.1 Å². The van der Waals surface area contributed by atoms with Crippen molar-refractivity contribution >= 4 is 91.5 Å². The SMILES string of the molecule is Cc1ccc(N(c2ccc3c(c2)c2ccccc2n3-c2ccc(F)cc2)c2ccc3c(c2)c2cc(-c4cc[c]([Ge]([c]5ccccc5)([c]5ccccc5)[c]5ccccc5)cc4)ccc2n3-c2ccccc2)cc1. The van der Waals surface area contributed by atoms with Crippen LogP contribution in [0.25, 0.3) is 66.1 Å². The summed E-state index contributed by atoms with van der Waals surface area (Å²) < 4.78 is 24.4. The van der Waals surface area contributed by atoms with E-state index in [1.165, 1.54) is 57.2 Å². The van der Waals surface area contributed by atoms with Crippen molar-refractivity contribution in [1.82, 2.24) is 9.13 Å². The maximum absolute atomic E-state index is 14.2. The summed E-state index contributed by atoms with van der Waals surface area (Å²) in [5.41, 5.74) is 13.2. The first kappa shape index (κ1) is 43.3. The number of aromatic nitrogens is 2. The van der Waals surface area contributed by atoms with Crippen LogP contribution in [0, 0.1) is 12.7 Å². The van der Waals surface area contributed by atoms with Crippen molar-refractivity contribution in [3.8, 4) is 22.5 Å². The third-order valence-electron chi connectivity index (χ3n) is 14.6. The Labute approximate surface area is 421 Å². The van der Waals surface area contributed by atoms with Gasteiger partial charge in [0.25, 0.3) is 0 Å². The van der Waals surface area contributed by atoms with Crippen molar-refractivity contribution in [2.45, 2.75) is 6.92 Å². The van der Waals surface area contributed by atoms with Crippen molar-refractivity contribution in [1.29, 1.82) is 0 Å². The summed E-state index contributed by atoms with van der Waals surface area (Å²) in [6, 6.07) is 98.4. The normalized spacial score (nSPS) is 11.8. The van der Waals surface area contributed by atoms with Gasteiger partial charge in [0.2, 0.25) is 0 Å². The van der Waals surface area contributed by atoms with Gasteiger partial charge in [0.1, 0.15) is 5.82 Å². The Morgan fingerprint density at radius 3 is 1.28 bits per heavy atom. The first-order valence-corrected chi connectivity index (χ1v) is 28.8. The molecule has 0 spiro atoms. The molecule has 342 valence electrons. The molecule has 11 aromatic carbocycles. The predicted octanol–water partition coefficient (Wildman–Crippen LogP) is 14.8. The average molecular weight is 987 g/mol. The fourth-order valence-corrected chi connectivity index (χ4v) is 21.2. The Bertz CT molecular complexity index is 3980. The molecule has 0 bridgehead atoms. The number of anilines is 3. The molecule has 0 atom stereocenters. The van der Waals surface area contributed by atoms with Crippen LogP contribution in [0.2, 0.25) is 0 Å². The Hall–Kier alpha value is -8.71. The molecule has 5 heteroatoms. The molecule has 0 aliphatic rings. The molecule has 2 heterocycles. The van der Waals surface area contributed by atoms with Crippen molar-refractivity contribution in [3.63, 3.8) is 0 Å². The molecule has 3 nitrogen and oxygen atoms in total. The molecule has 0 saturated heterocycles. The number of para-hydroxylation sites is 2. The Morgan fingerprint density at radius 1 is 0.319 bits per heavy atom. The maximum Gasteiger partial charge on any atom is -0.0378 e. The summed E-state index contributed by atoms with van der Waals surface area (Å²) in [6.07, 6.45) is 0. The summed E-state index contributed by atoms with van der Waals surface area (Å²) in [6.45, 7) is 2.13. The molecular formula is C67H48FGeN3. The maximum atomic E-state index is 14.2. The molecule has 0 radical (unpaired) electrons. The minimum atomic E-state index is -3.44. The zero-order valence-corrected chi connectivity index (χ0v) is 41.8. The third-order valence-corrected chi connectivity index (χ3v) is 24.6. The van der Waals surface area contributed by atoms with Gasteiger partial charge in [0.15, 0.2) is 0 Å². The van der Waals surface area contributed by atoms with Crippen molar-refractivity contribution in [3.05, 3.63) is 284 Å². The Morgan fingerprint density at radius 2 is 0.722 bits per heavy atom. The van der Waals surface area contributed by atoms with Gasteiger partial charge < -0.3 is 4.57 Å². The van der Waals surface area contributed by atoms with E-state index in [1.807, 2.05) is 12.1 Å². The van der Waals surface area contributed by atoms with Crippen molar-refractivity contribution < 1.29 is 4.39 Å². The predicted molar refractivity (Wildman–Crippen MR) is 304 cm³/mol. The fraction of sp³-hybridized carbons (Fsp3) is 0.0149. The molecule has 2 aromatic heterocycles. The summed E-state index contributed by atoms with van der Waals surface area (Å²) in [4.78, 5) is 2.38. The first-order chi connectivity index (χ1) is 35.5. The molecule has 13 aromatic rings. The number of benzene rings is 11. The number of halogens is 1. The van der Waals surface area contributed by atoms with E-state index in [-0.39, 0.29) is 5.82 Å². The zero-order chi connectivity index (χ0) is 48.2. The Kier molecular flexibility index (Phi) is 10.8. The summed E-state index contributed by atoms with van der Waals surface area (Å²) in [5.74, 6) is -0.250. The summed E-state index contributed by atoms with van der Waals surface area (Å²) >= 11 is -3.44. The van der Waals surface area contributed by atoms with Gasteiger partial charge in [0, 0.05) is 16.5 Å². The summed E-state index contributed by atoms with van der Waals surface area (Å²) in [7, 11) is 0. The van der Waals surface area contributed by atoms with Gasteiger partial charge in [-0.1, -0.05) is 42.0 Å². The molecule has 0 aliphatic heterocycles. The Balaban J connectivity index is 0.982. The number of rotatable bonds is 10. The van der Waals surface area contributed by atoms with Gasteiger partial charge in [-0.25, -0.2) is 4.39 Å². The van der Waals surface area contributed by atoms with E-state index in [0.717, 1.165) is 61.3 Å². The third kappa shape index (κ3) is 7.25. The smallest absolute Gasteiger partial charge is 0.0378 e. The van der Waals surface area contributed by atoms with Crippen LogP contribution in [0.4, 0.5) is 21.5 Å². The van der Waals surface area contributed by atoms with Crippen LogP contribution < -0.4 is 22.5 Å². The van der Waals surface area contributed by atoms with E-state index < -0.39 is 13.3 Å². The number of nitrogens with zero attached hydrogens (tertiary/aromatic N) is 3. The molecular weight excluding hydrogens is 938 g/mol. The second-order valence-corrected chi connectivity index (χ2v) is 26.7. The molecule has 0 fully saturated rings. The standard InChI is InChI=1S/C67H48FGeN3/c1-47-26-35-56(36-27-47)70(58-39-42-66-62(45-58)60-24-14-15-25-64(60)72(66)57-37-31-50(68)32-38-57)59-40-43-67-63(46-59)61-44-49(30-41-65(61)71(67)55-22-12-5-13-23-55)48-28-33-54(34-29-48)69(51-16-6-2-7-17-51,52-18-8-3-9-19-52)53-20-10-4-11-21-53/h2-46H,1H3. The van der Waals surface area contributed by atoms with E-state index in [4.69, 9.17) is 0 Å². The fourth-order valence-electron chi connectivity index (χ4n) is 11.3. The van der Waals surface area contributed by atoms with E-state index in [1.54, 1.807) is 0 Å². The van der Waals surface area contributed by atoms with Gasteiger partial charge in [0.05, 0.1) is 11.0 Å². The number of aryl methyl sites for hydroxylation is 1. The quantitative estimate of drug-likeness (QED) is 0.124.